The fraction of sp³-hybridized carbons (Fsp3) is 1.00. The van der Waals surface area contributed by atoms with Gasteiger partial charge in [0, 0.05) is 24.6 Å². The topological polar surface area (TPSA) is 41.5 Å². The normalized spacial score (nSPS) is 32.4. The maximum absolute atomic E-state index is 10.2. The number of rotatable bonds is 9. The number of aliphatic hydroxyl groups excluding tert-OH is 1. The Bertz CT molecular complexity index is 255. The van der Waals surface area contributed by atoms with Gasteiger partial charge < -0.3 is 15.2 Å². The highest BCUT2D eigenvalue weighted by Gasteiger charge is 2.50. The molecule has 3 heteroatoms. The minimum atomic E-state index is -0.220. The van der Waals surface area contributed by atoms with E-state index in [0.29, 0.717) is 24.6 Å². The van der Waals surface area contributed by atoms with E-state index in [2.05, 4.69) is 39.9 Å². The van der Waals surface area contributed by atoms with Crippen molar-refractivity contribution in [1.82, 2.24) is 5.32 Å². The van der Waals surface area contributed by atoms with E-state index in [1.807, 2.05) is 0 Å². The lowest BCUT2D eigenvalue weighted by atomic mass is 9.61. The minimum Gasteiger partial charge on any atom is -0.392 e. The van der Waals surface area contributed by atoms with Crippen LogP contribution in [-0.2, 0) is 4.74 Å². The van der Waals surface area contributed by atoms with E-state index in [0.717, 1.165) is 32.3 Å². The zero-order valence-electron chi connectivity index (χ0n) is 13.4. The Kier molecular flexibility index (Phi) is 6.78. The highest BCUT2D eigenvalue weighted by atomic mass is 16.5. The third-order valence-electron chi connectivity index (χ3n) is 5.28. The number of ether oxygens (including phenoxy) is 1. The molecular weight excluding hydrogens is 238 g/mol. The first-order valence-electron chi connectivity index (χ1n) is 8.06. The summed E-state index contributed by atoms with van der Waals surface area (Å²) in [4.78, 5) is 0. The second kappa shape index (κ2) is 7.61. The SMILES string of the molecule is CCOC1CC(NCC(O)C(CC)CC)C1(C)CC. The maximum atomic E-state index is 10.2. The number of hydrogen-bond donors (Lipinski definition) is 2. The predicted octanol–water partition coefficient (Wildman–Crippen LogP) is 2.97. The fourth-order valence-corrected chi connectivity index (χ4v) is 3.33. The monoisotopic (exact) mass is 271 g/mol. The highest BCUT2D eigenvalue weighted by Crippen LogP contribution is 2.45. The van der Waals surface area contributed by atoms with Gasteiger partial charge in [0.05, 0.1) is 12.2 Å². The molecule has 1 fully saturated rings. The van der Waals surface area contributed by atoms with Crippen molar-refractivity contribution in [3.05, 3.63) is 0 Å². The molecule has 4 unspecified atom stereocenters. The minimum absolute atomic E-state index is 0.220. The summed E-state index contributed by atoms with van der Waals surface area (Å²) >= 11 is 0. The molecule has 4 atom stereocenters. The van der Waals surface area contributed by atoms with Crippen molar-refractivity contribution in [3.8, 4) is 0 Å². The summed E-state index contributed by atoms with van der Waals surface area (Å²) in [5.41, 5.74) is 0.226. The van der Waals surface area contributed by atoms with Gasteiger partial charge in [0.25, 0.3) is 0 Å². The Hall–Kier alpha value is -0.120. The molecule has 0 aromatic heterocycles. The molecule has 19 heavy (non-hydrogen) atoms. The van der Waals surface area contributed by atoms with Gasteiger partial charge in [0.2, 0.25) is 0 Å². The first-order valence-corrected chi connectivity index (χ1v) is 8.06. The van der Waals surface area contributed by atoms with E-state index < -0.39 is 0 Å². The molecule has 1 aliphatic carbocycles. The van der Waals surface area contributed by atoms with E-state index >= 15 is 0 Å². The fourth-order valence-electron chi connectivity index (χ4n) is 3.33. The Labute approximate surface area is 119 Å². The van der Waals surface area contributed by atoms with Crippen LogP contribution in [0.1, 0.15) is 60.3 Å². The van der Waals surface area contributed by atoms with Crippen LogP contribution in [-0.4, -0.2) is 36.5 Å². The summed E-state index contributed by atoms with van der Waals surface area (Å²) in [5, 5.41) is 13.8. The lowest BCUT2D eigenvalue weighted by Crippen LogP contribution is -2.63. The Morgan fingerprint density at radius 3 is 2.37 bits per heavy atom. The molecule has 2 N–H and O–H groups in total. The van der Waals surface area contributed by atoms with E-state index in [4.69, 9.17) is 4.74 Å². The summed E-state index contributed by atoms with van der Waals surface area (Å²) in [6.07, 6.45) is 4.46. The standard InChI is InChI=1S/C16H33NO2/c1-6-12(7-2)13(18)11-17-14-10-15(19-9-4)16(14,5)8-3/h12-15,17-18H,6-11H2,1-5H3. The van der Waals surface area contributed by atoms with Crippen LogP contribution in [0, 0.1) is 11.3 Å². The molecule has 0 amide bonds. The zero-order valence-corrected chi connectivity index (χ0v) is 13.4. The van der Waals surface area contributed by atoms with Crippen LogP contribution in [0.4, 0.5) is 0 Å². The second-order valence-electron chi connectivity index (χ2n) is 6.14. The average molecular weight is 271 g/mol. The Morgan fingerprint density at radius 1 is 1.26 bits per heavy atom. The van der Waals surface area contributed by atoms with Crippen LogP contribution in [0.15, 0.2) is 0 Å². The van der Waals surface area contributed by atoms with Crippen LogP contribution in [0.3, 0.4) is 0 Å². The average Bonchev–Trinajstić information content (AvgIpc) is 2.42. The molecule has 3 nitrogen and oxygen atoms in total. The molecule has 0 spiro atoms. The summed E-state index contributed by atoms with van der Waals surface area (Å²) in [5.74, 6) is 0.420. The van der Waals surface area contributed by atoms with Gasteiger partial charge >= 0.3 is 0 Å². The lowest BCUT2D eigenvalue weighted by Gasteiger charge is -2.54. The van der Waals surface area contributed by atoms with Crippen LogP contribution in [0.2, 0.25) is 0 Å². The molecule has 0 heterocycles. The number of hydrogen-bond acceptors (Lipinski definition) is 3. The summed E-state index contributed by atoms with van der Waals surface area (Å²) in [6.45, 7) is 12.4. The van der Waals surface area contributed by atoms with Gasteiger partial charge in [0.1, 0.15) is 0 Å². The van der Waals surface area contributed by atoms with Crippen molar-refractivity contribution in [3.63, 3.8) is 0 Å². The van der Waals surface area contributed by atoms with Crippen molar-refractivity contribution in [2.45, 2.75) is 78.6 Å². The second-order valence-corrected chi connectivity index (χ2v) is 6.14. The van der Waals surface area contributed by atoms with Gasteiger partial charge in [-0.25, -0.2) is 0 Å². The number of aliphatic hydroxyl groups is 1. The van der Waals surface area contributed by atoms with Gasteiger partial charge in [-0.2, -0.15) is 0 Å². The van der Waals surface area contributed by atoms with Gasteiger partial charge in [-0.3, -0.25) is 0 Å². The van der Waals surface area contributed by atoms with Gasteiger partial charge in [-0.15, -0.1) is 0 Å². The van der Waals surface area contributed by atoms with Crippen LogP contribution < -0.4 is 5.32 Å². The first kappa shape index (κ1) is 16.9. The zero-order chi connectivity index (χ0) is 14.5. The number of nitrogens with one attached hydrogen (secondary N) is 1. The van der Waals surface area contributed by atoms with E-state index in [1.165, 1.54) is 0 Å². The maximum Gasteiger partial charge on any atom is 0.0692 e. The Morgan fingerprint density at radius 2 is 1.89 bits per heavy atom. The largest absolute Gasteiger partial charge is 0.392 e. The molecule has 0 radical (unpaired) electrons. The molecule has 0 aromatic carbocycles. The summed E-state index contributed by atoms with van der Waals surface area (Å²) in [7, 11) is 0. The highest BCUT2D eigenvalue weighted by molar-refractivity contribution is 5.04. The van der Waals surface area contributed by atoms with Gasteiger partial charge in [-0.05, 0) is 25.7 Å². The van der Waals surface area contributed by atoms with Crippen molar-refractivity contribution >= 4 is 0 Å². The van der Waals surface area contributed by atoms with Crippen molar-refractivity contribution in [2.24, 2.45) is 11.3 Å². The molecule has 0 saturated heterocycles. The smallest absolute Gasteiger partial charge is 0.0692 e. The van der Waals surface area contributed by atoms with Crippen molar-refractivity contribution in [2.75, 3.05) is 13.2 Å². The van der Waals surface area contributed by atoms with Crippen molar-refractivity contribution < 1.29 is 9.84 Å². The molecule has 114 valence electrons. The van der Waals surface area contributed by atoms with Crippen LogP contribution in [0.25, 0.3) is 0 Å². The first-order chi connectivity index (χ1) is 9.03. The Balaban J connectivity index is 2.42. The molecule has 1 aliphatic rings. The predicted molar refractivity (Wildman–Crippen MR) is 80.3 cm³/mol. The van der Waals surface area contributed by atoms with Crippen LogP contribution >= 0.6 is 0 Å². The quantitative estimate of drug-likeness (QED) is 0.677. The lowest BCUT2D eigenvalue weighted by molar-refractivity contribution is -0.127. The molecule has 1 rings (SSSR count). The van der Waals surface area contributed by atoms with E-state index in [1.54, 1.807) is 0 Å². The van der Waals surface area contributed by atoms with E-state index in [9.17, 15) is 5.11 Å². The molecule has 0 bridgehead atoms. The molecule has 0 aliphatic heterocycles. The molecule has 0 aromatic rings. The summed E-state index contributed by atoms with van der Waals surface area (Å²) < 4.78 is 5.81. The van der Waals surface area contributed by atoms with Crippen molar-refractivity contribution in [1.29, 1.82) is 0 Å². The third-order valence-corrected chi connectivity index (χ3v) is 5.28. The summed E-state index contributed by atoms with van der Waals surface area (Å²) in [6, 6.07) is 0.484. The van der Waals surface area contributed by atoms with Gasteiger partial charge in [0.15, 0.2) is 0 Å². The molecule has 1 saturated carbocycles. The van der Waals surface area contributed by atoms with E-state index in [-0.39, 0.29) is 11.5 Å². The molecular formula is C16H33NO2. The van der Waals surface area contributed by atoms with Gasteiger partial charge in [-0.1, -0.05) is 40.5 Å². The van der Waals surface area contributed by atoms with Crippen LogP contribution in [0.5, 0.6) is 0 Å². The third kappa shape index (κ3) is 3.71.